The zero-order valence-electron chi connectivity index (χ0n) is 16.3. The molecule has 5 rings (SSSR count). The van der Waals surface area contributed by atoms with E-state index in [4.69, 9.17) is 15.2 Å². The van der Waals surface area contributed by atoms with E-state index in [2.05, 4.69) is 31.9 Å². The minimum absolute atomic E-state index is 0.168. The molecule has 9 heteroatoms. The van der Waals surface area contributed by atoms with Crippen molar-refractivity contribution in [2.45, 2.75) is 39.2 Å². The van der Waals surface area contributed by atoms with Crippen molar-refractivity contribution in [2.75, 3.05) is 12.3 Å². The number of carbonyl (C=O) groups excluding carboxylic acids is 1. The normalized spacial score (nSPS) is 16.8. The monoisotopic (exact) mass is 391 g/mol. The largest absolute Gasteiger partial charge is 0.382 e. The summed E-state index contributed by atoms with van der Waals surface area (Å²) in [4.78, 5) is 26.7. The number of anilines is 1. The van der Waals surface area contributed by atoms with E-state index in [1.165, 1.54) is 0 Å². The molecule has 0 bridgehead atoms. The van der Waals surface area contributed by atoms with Gasteiger partial charge in [0.2, 0.25) is 0 Å². The molecular formula is C20H21N7O2. The van der Waals surface area contributed by atoms with Crippen LogP contribution in [0, 0.1) is 6.92 Å². The predicted molar refractivity (Wildman–Crippen MR) is 108 cm³/mol. The summed E-state index contributed by atoms with van der Waals surface area (Å²) in [6.45, 7) is 4.86. The summed E-state index contributed by atoms with van der Waals surface area (Å²) in [6.07, 6.45) is 3.39. The van der Waals surface area contributed by atoms with Gasteiger partial charge in [-0.3, -0.25) is 9.78 Å². The fraction of sp³-hybridized carbons (Fsp3) is 0.350. The molecule has 0 saturated heterocycles. The summed E-state index contributed by atoms with van der Waals surface area (Å²) in [5, 5.41) is 7.04. The van der Waals surface area contributed by atoms with Gasteiger partial charge in [-0.2, -0.15) is 0 Å². The SMILES string of the molecule is CCCC1c2onc(C)c2C(=O)NCCn2c1nc1c(N)nc3cccnc3c12. The maximum absolute atomic E-state index is 12.8. The van der Waals surface area contributed by atoms with Crippen molar-refractivity contribution in [1.82, 2.24) is 30.0 Å². The molecule has 0 spiro atoms. The summed E-state index contributed by atoms with van der Waals surface area (Å²) in [5.74, 6) is 1.32. The van der Waals surface area contributed by atoms with Gasteiger partial charge in [-0.15, -0.1) is 0 Å². The Bertz CT molecular complexity index is 1260. The molecule has 1 amide bonds. The van der Waals surface area contributed by atoms with Crippen LogP contribution >= 0.6 is 0 Å². The lowest BCUT2D eigenvalue weighted by molar-refractivity contribution is 0.0950. The number of aromatic nitrogens is 5. The second-order valence-corrected chi connectivity index (χ2v) is 7.29. The Hall–Kier alpha value is -3.49. The van der Waals surface area contributed by atoms with Crippen LogP contribution < -0.4 is 11.1 Å². The first-order chi connectivity index (χ1) is 14.1. The number of nitrogens with one attached hydrogen (secondary N) is 1. The van der Waals surface area contributed by atoms with E-state index in [-0.39, 0.29) is 11.8 Å². The highest BCUT2D eigenvalue weighted by molar-refractivity contribution is 6.04. The van der Waals surface area contributed by atoms with E-state index >= 15 is 0 Å². The summed E-state index contributed by atoms with van der Waals surface area (Å²) in [6, 6.07) is 3.72. The lowest BCUT2D eigenvalue weighted by atomic mass is 9.95. The van der Waals surface area contributed by atoms with Crippen LogP contribution in [-0.4, -0.2) is 37.1 Å². The third-order valence-corrected chi connectivity index (χ3v) is 5.43. The lowest BCUT2D eigenvalue weighted by Crippen LogP contribution is -2.27. The Kier molecular flexibility index (Phi) is 3.97. The van der Waals surface area contributed by atoms with Crippen molar-refractivity contribution in [3.63, 3.8) is 0 Å². The highest BCUT2D eigenvalue weighted by Crippen LogP contribution is 2.37. The molecule has 1 aliphatic rings. The van der Waals surface area contributed by atoms with Gasteiger partial charge in [-0.05, 0) is 25.5 Å². The molecular weight excluding hydrogens is 370 g/mol. The number of nitrogens with two attached hydrogens (primary N) is 1. The fourth-order valence-corrected chi connectivity index (χ4v) is 4.17. The molecule has 3 N–H and O–H groups in total. The number of carbonyl (C=O) groups is 1. The lowest BCUT2D eigenvalue weighted by Gasteiger charge is -2.15. The highest BCUT2D eigenvalue weighted by atomic mass is 16.5. The maximum atomic E-state index is 12.8. The van der Waals surface area contributed by atoms with Crippen molar-refractivity contribution >= 4 is 33.8 Å². The number of amides is 1. The van der Waals surface area contributed by atoms with Crippen LogP contribution in [0.25, 0.3) is 22.1 Å². The van der Waals surface area contributed by atoms with Crippen molar-refractivity contribution in [2.24, 2.45) is 0 Å². The van der Waals surface area contributed by atoms with Crippen LogP contribution in [0.3, 0.4) is 0 Å². The van der Waals surface area contributed by atoms with Gasteiger partial charge >= 0.3 is 0 Å². The molecule has 0 aromatic carbocycles. The Morgan fingerprint density at radius 2 is 2.21 bits per heavy atom. The number of aryl methyl sites for hydroxylation is 1. The van der Waals surface area contributed by atoms with Crippen LogP contribution in [0.1, 0.15) is 53.3 Å². The second-order valence-electron chi connectivity index (χ2n) is 7.29. The minimum atomic E-state index is -0.217. The van der Waals surface area contributed by atoms with Gasteiger partial charge in [0.05, 0.1) is 17.1 Å². The van der Waals surface area contributed by atoms with Crippen LogP contribution in [0.5, 0.6) is 0 Å². The van der Waals surface area contributed by atoms with Crippen LogP contribution in [-0.2, 0) is 6.54 Å². The van der Waals surface area contributed by atoms with Crippen molar-refractivity contribution < 1.29 is 9.32 Å². The molecule has 5 heterocycles. The zero-order valence-corrected chi connectivity index (χ0v) is 16.3. The zero-order chi connectivity index (χ0) is 20.1. The molecule has 29 heavy (non-hydrogen) atoms. The summed E-state index contributed by atoms with van der Waals surface area (Å²) < 4.78 is 7.75. The first-order valence-corrected chi connectivity index (χ1v) is 9.74. The van der Waals surface area contributed by atoms with Crippen molar-refractivity contribution in [1.29, 1.82) is 0 Å². The molecule has 0 fully saturated rings. The van der Waals surface area contributed by atoms with E-state index in [1.807, 2.05) is 12.1 Å². The van der Waals surface area contributed by atoms with Gasteiger partial charge in [-0.25, -0.2) is 9.97 Å². The maximum Gasteiger partial charge on any atom is 0.256 e. The smallest absolute Gasteiger partial charge is 0.256 e. The molecule has 0 aliphatic carbocycles. The van der Waals surface area contributed by atoms with E-state index in [9.17, 15) is 4.79 Å². The van der Waals surface area contributed by atoms with Gasteiger partial charge in [0.1, 0.15) is 27.9 Å². The standard InChI is InChI=1S/C20H21N7O2/c1-3-5-11-17-13(10(2)26-29-17)20(28)23-8-9-27-16-14-12(6-4-7-22-14)24-18(21)15(16)25-19(11)27/h4,6-7,11H,3,5,8-9H2,1-2H3,(H2,21,24)(H,23,28). The summed E-state index contributed by atoms with van der Waals surface area (Å²) >= 11 is 0. The number of hydrogen-bond donors (Lipinski definition) is 2. The molecule has 9 nitrogen and oxygen atoms in total. The Morgan fingerprint density at radius 1 is 1.34 bits per heavy atom. The average molecular weight is 391 g/mol. The van der Waals surface area contributed by atoms with E-state index < -0.39 is 0 Å². The third-order valence-electron chi connectivity index (χ3n) is 5.43. The topological polar surface area (TPSA) is 125 Å². The number of nitrogens with zero attached hydrogens (tertiary/aromatic N) is 5. The van der Waals surface area contributed by atoms with Crippen LogP contribution in [0.15, 0.2) is 22.9 Å². The second kappa shape index (κ2) is 6.54. The highest BCUT2D eigenvalue weighted by Gasteiger charge is 2.33. The van der Waals surface area contributed by atoms with Gasteiger partial charge in [-0.1, -0.05) is 18.5 Å². The van der Waals surface area contributed by atoms with Crippen LogP contribution in [0.4, 0.5) is 5.82 Å². The van der Waals surface area contributed by atoms with Gasteiger partial charge < -0.3 is 20.1 Å². The molecule has 4 aromatic rings. The fourth-order valence-electron chi connectivity index (χ4n) is 4.17. The number of rotatable bonds is 2. The molecule has 1 atom stereocenters. The predicted octanol–water partition coefficient (Wildman–Crippen LogP) is 2.53. The number of pyridine rings is 2. The number of fused-ring (bicyclic) bond motifs is 6. The van der Waals surface area contributed by atoms with E-state index in [1.54, 1.807) is 13.1 Å². The number of hydrogen-bond acceptors (Lipinski definition) is 7. The summed E-state index contributed by atoms with van der Waals surface area (Å²) in [7, 11) is 0. The third kappa shape index (κ3) is 2.57. The number of imidazole rings is 1. The van der Waals surface area contributed by atoms with Crippen molar-refractivity contribution in [3.8, 4) is 0 Å². The average Bonchev–Trinajstić information content (AvgIpc) is 3.28. The van der Waals surface area contributed by atoms with Gasteiger partial charge in [0.25, 0.3) is 5.91 Å². The molecule has 0 saturated carbocycles. The summed E-state index contributed by atoms with van der Waals surface area (Å²) in [5.41, 5.74) is 10.3. The van der Waals surface area contributed by atoms with Crippen molar-refractivity contribution in [3.05, 3.63) is 41.2 Å². The molecule has 148 valence electrons. The molecule has 1 aliphatic heterocycles. The first kappa shape index (κ1) is 17.6. The molecule has 4 aromatic heterocycles. The first-order valence-electron chi connectivity index (χ1n) is 9.74. The number of nitrogen functional groups attached to an aromatic ring is 1. The van der Waals surface area contributed by atoms with E-state index in [0.29, 0.717) is 47.0 Å². The minimum Gasteiger partial charge on any atom is -0.382 e. The quantitative estimate of drug-likeness (QED) is 0.538. The molecule has 1 unspecified atom stereocenters. The van der Waals surface area contributed by atoms with Gasteiger partial charge in [0, 0.05) is 19.3 Å². The Balaban J connectivity index is 1.86. The van der Waals surface area contributed by atoms with Crippen LogP contribution in [0.2, 0.25) is 0 Å². The molecule has 0 radical (unpaired) electrons. The van der Waals surface area contributed by atoms with Gasteiger partial charge in [0.15, 0.2) is 11.6 Å². The van der Waals surface area contributed by atoms with E-state index in [0.717, 1.165) is 29.7 Å². The Morgan fingerprint density at radius 3 is 3.03 bits per heavy atom. The Labute approximate surface area is 166 Å².